The molecule has 0 bridgehead atoms. The van der Waals surface area contributed by atoms with E-state index < -0.39 is 0 Å². The zero-order chi connectivity index (χ0) is 25.9. The van der Waals surface area contributed by atoms with Crippen LogP contribution in [0.4, 0.5) is 4.79 Å². The standard InChI is InChI=1S/C31H62N2O2/c1-6-12-26(2)15-9-16-27(3)13-7-8-14-28(4)17-10-18-29(5)19-11-22-32-31(35)33-23-20-30(25-34)21-24-33/h26-30,34H,6-25H2,1-5H3,(H,32,35). The molecule has 0 spiro atoms. The van der Waals surface area contributed by atoms with Crippen LogP contribution in [0.15, 0.2) is 0 Å². The summed E-state index contributed by atoms with van der Waals surface area (Å²) in [5, 5.41) is 12.3. The SMILES string of the molecule is CCCC(C)CCCC(C)CCCCC(C)CCCC(C)CCCNC(=O)N1CCC(CO)CC1. The van der Waals surface area contributed by atoms with E-state index in [0.717, 1.165) is 62.6 Å². The lowest BCUT2D eigenvalue weighted by atomic mass is 9.91. The Morgan fingerprint density at radius 3 is 1.63 bits per heavy atom. The van der Waals surface area contributed by atoms with Gasteiger partial charge < -0.3 is 15.3 Å². The number of nitrogens with zero attached hydrogens (tertiary/aromatic N) is 1. The first-order valence-corrected chi connectivity index (χ1v) is 15.5. The van der Waals surface area contributed by atoms with Crippen LogP contribution >= 0.6 is 0 Å². The van der Waals surface area contributed by atoms with Crippen molar-refractivity contribution >= 4 is 6.03 Å². The Morgan fingerprint density at radius 1 is 0.743 bits per heavy atom. The maximum Gasteiger partial charge on any atom is 0.317 e. The van der Waals surface area contributed by atoms with E-state index >= 15 is 0 Å². The van der Waals surface area contributed by atoms with Crippen molar-refractivity contribution in [2.45, 2.75) is 137 Å². The molecule has 0 aromatic carbocycles. The van der Waals surface area contributed by atoms with Crippen LogP contribution in [0.25, 0.3) is 0 Å². The molecule has 0 aliphatic carbocycles. The third kappa shape index (κ3) is 16.6. The third-order valence-electron chi connectivity index (χ3n) is 8.52. The van der Waals surface area contributed by atoms with Gasteiger partial charge in [-0.25, -0.2) is 4.79 Å². The van der Waals surface area contributed by atoms with Crippen LogP contribution in [0.5, 0.6) is 0 Å². The summed E-state index contributed by atoms with van der Waals surface area (Å²) >= 11 is 0. The fourth-order valence-corrected chi connectivity index (χ4v) is 5.76. The summed E-state index contributed by atoms with van der Waals surface area (Å²) in [6.07, 6.45) is 20.8. The first-order chi connectivity index (χ1) is 16.8. The molecule has 0 aromatic heterocycles. The third-order valence-corrected chi connectivity index (χ3v) is 8.52. The molecule has 1 rings (SSSR count). The van der Waals surface area contributed by atoms with Crippen molar-refractivity contribution in [2.24, 2.45) is 29.6 Å². The molecule has 2 N–H and O–H groups in total. The van der Waals surface area contributed by atoms with Gasteiger partial charge in [-0.2, -0.15) is 0 Å². The molecule has 0 aromatic rings. The van der Waals surface area contributed by atoms with Crippen molar-refractivity contribution < 1.29 is 9.90 Å². The van der Waals surface area contributed by atoms with Crippen LogP contribution in [0, 0.1) is 29.6 Å². The lowest BCUT2D eigenvalue weighted by Gasteiger charge is -2.31. The van der Waals surface area contributed by atoms with Crippen LogP contribution in [0.2, 0.25) is 0 Å². The number of carbonyl (C=O) groups is 1. The molecule has 1 aliphatic rings. The highest BCUT2D eigenvalue weighted by atomic mass is 16.3. The molecule has 4 nitrogen and oxygen atoms in total. The Kier molecular flexibility index (Phi) is 18.7. The van der Waals surface area contributed by atoms with Crippen LogP contribution < -0.4 is 5.32 Å². The van der Waals surface area contributed by atoms with Gasteiger partial charge in [0, 0.05) is 26.2 Å². The van der Waals surface area contributed by atoms with Gasteiger partial charge >= 0.3 is 6.03 Å². The number of nitrogens with one attached hydrogen (secondary N) is 1. The number of aliphatic hydroxyl groups is 1. The van der Waals surface area contributed by atoms with Gasteiger partial charge in [-0.15, -0.1) is 0 Å². The summed E-state index contributed by atoms with van der Waals surface area (Å²) in [4.78, 5) is 14.2. The second-order valence-corrected chi connectivity index (χ2v) is 12.3. The fourth-order valence-electron chi connectivity index (χ4n) is 5.76. The largest absolute Gasteiger partial charge is 0.396 e. The van der Waals surface area contributed by atoms with Crippen LogP contribution in [0.3, 0.4) is 0 Å². The van der Waals surface area contributed by atoms with Gasteiger partial charge in [0.2, 0.25) is 0 Å². The minimum absolute atomic E-state index is 0.0823. The minimum Gasteiger partial charge on any atom is -0.396 e. The number of urea groups is 1. The number of amides is 2. The Labute approximate surface area is 219 Å². The molecule has 1 fully saturated rings. The zero-order valence-corrected chi connectivity index (χ0v) is 24.3. The molecule has 2 amide bonds. The summed E-state index contributed by atoms with van der Waals surface area (Å²) in [6, 6.07) is 0.0823. The van der Waals surface area contributed by atoms with Gasteiger partial charge in [-0.3, -0.25) is 0 Å². The summed E-state index contributed by atoms with van der Waals surface area (Å²) in [5.74, 6) is 3.82. The van der Waals surface area contributed by atoms with Gasteiger partial charge in [0.15, 0.2) is 0 Å². The van der Waals surface area contributed by atoms with Gasteiger partial charge in [-0.1, -0.05) is 112 Å². The van der Waals surface area contributed by atoms with E-state index in [4.69, 9.17) is 0 Å². The summed E-state index contributed by atoms with van der Waals surface area (Å²) in [5.41, 5.74) is 0. The topological polar surface area (TPSA) is 52.6 Å². The molecule has 4 heteroatoms. The monoisotopic (exact) mass is 494 g/mol. The molecule has 4 atom stereocenters. The zero-order valence-electron chi connectivity index (χ0n) is 24.3. The van der Waals surface area contributed by atoms with Gasteiger partial charge in [0.25, 0.3) is 0 Å². The molecule has 4 unspecified atom stereocenters. The Balaban J connectivity index is 1.95. The van der Waals surface area contributed by atoms with Crippen LogP contribution in [-0.2, 0) is 0 Å². The van der Waals surface area contributed by atoms with Crippen LogP contribution in [-0.4, -0.2) is 42.3 Å². The highest BCUT2D eigenvalue weighted by Crippen LogP contribution is 2.23. The van der Waals surface area contributed by atoms with Gasteiger partial charge in [0.1, 0.15) is 0 Å². The number of likely N-dealkylation sites (tertiary alicyclic amines) is 1. The summed E-state index contributed by atoms with van der Waals surface area (Å²) < 4.78 is 0. The van der Waals surface area contributed by atoms with Crippen molar-refractivity contribution in [3.8, 4) is 0 Å². The number of rotatable bonds is 20. The fraction of sp³-hybridized carbons (Fsp3) is 0.968. The summed E-state index contributed by atoms with van der Waals surface area (Å²) in [6.45, 7) is 14.6. The number of aliphatic hydroxyl groups excluding tert-OH is 1. The minimum atomic E-state index is 0.0823. The highest BCUT2D eigenvalue weighted by Gasteiger charge is 2.21. The second kappa shape index (κ2) is 20.3. The van der Waals surface area contributed by atoms with Gasteiger partial charge in [0.05, 0.1) is 0 Å². The first-order valence-electron chi connectivity index (χ1n) is 15.5. The molecule has 1 saturated heterocycles. The first kappa shape index (κ1) is 32.3. The lowest BCUT2D eigenvalue weighted by Crippen LogP contribution is -2.45. The predicted octanol–water partition coefficient (Wildman–Crippen LogP) is 8.43. The Bertz CT molecular complexity index is 504. The highest BCUT2D eigenvalue weighted by molar-refractivity contribution is 5.74. The average Bonchev–Trinajstić information content (AvgIpc) is 2.84. The molecule has 208 valence electrons. The van der Waals surface area contributed by atoms with Crippen molar-refractivity contribution in [1.29, 1.82) is 0 Å². The van der Waals surface area contributed by atoms with Gasteiger partial charge in [-0.05, 0) is 55.3 Å². The van der Waals surface area contributed by atoms with E-state index in [1.54, 1.807) is 0 Å². The molecule has 1 aliphatic heterocycles. The quantitative estimate of drug-likeness (QED) is 0.167. The molecule has 0 radical (unpaired) electrons. The predicted molar refractivity (Wildman–Crippen MR) is 152 cm³/mol. The Morgan fingerprint density at radius 2 is 1.17 bits per heavy atom. The smallest absolute Gasteiger partial charge is 0.317 e. The molecular formula is C31H62N2O2. The maximum absolute atomic E-state index is 12.3. The average molecular weight is 495 g/mol. The van der Waals surface area contributed by atoms with E-state index in [1.807, 2.05) is 4.90 Å². The van der Waals surface area contributed by atoms with Crippen molar-refractivity contribution in [1.82, 2.24) is 10.2 Å². The molecular weight excluding hydrogens is 432 g/mol. The molecule has 0 saturated carbocycles. The number of hydrogen-bond acceptors (Lipinski definition) is 2. The van der Waals surface area contributed by atoms with Crippen molar-refractivity contribution in [2.75, 3.05) is 26.2 Å². The number of piperidine rings is 1. The Hall–Kier alpha value is -0.770. The van der Waals surface area contributed by atoms with Crippen LogP contribution in [0.1, 0.15) is 137 Å². The van der Waals surface area contributed by atoms with E-state index in [1.165, 1.54) is 83.5 Å². The lowest BCUT2D eigenvalue weighted by molar-refractivity contribution is 0.137. The van der Waals surface area contributed by atoms with Crippen molar-refractivity contribution in [3.05, 3.63) is 0 Å². The number of unbranched alkanes of at least 4 members (excludes halogenated alkanes) is 1. The van der Waals surface area contributed by atoms with E-state index in [9.17, 15) is 9.90 Å². The second-order valence-electron chi connectivity index (χ2n) is 12.3. The summed E-state index contributed by atoms with van der Waals surface area (Å²) in [7, 11) is 0. The van der Waals surface area contributed by atoms with E-state index in [-0.39, 0.29) is 12.6 Å². The number of hydrogen-bond donors (Lipinski definition) is 2. The van der Waals surface area contributed by atoms with E-state index in [0.29, 0.717) is 5.92 Å². The number of carbonyl (C=O) groups excluding carboxylic acids is 1. The van der Waals surface area contributed by atoms with Crippen molar-refractivity contribution in [3.63, 3.8) is 0 Å². The normalized spacial score (nSPS) is 18.3. The molecule has 35 heavy (non-hydrogen) atoms. The van der Waals surface area contributed by atoms with E-state index in [2.05, 4.69) is 39.9 Å². The maximum atomic E-state index is 12.3. The molecule has 1 heterocycles.